The molecule has 0 atom stereocenters. The minimum absolute atomic E-state index is 0.467. The first kappa shape index (κ1) is 21.7. The number of fused-ring (bicyclic) bond motifs is 2. The summed E-state index contributed by atoms with van der Waals surface area (Å²) in [5.41, 5.74) is 3.04. The Morgan fingerprint density at radius 1 is 0.861 bits per heavy atom. The van der Waals surface area contributed by atoms with E-state index in [1.54, 1.807) is 23.5 Å². The van der Waals surface area contributed by atoms with Crippen molar-refractivity contribution in [1.29, 1.82) is 5.26 Å². The molecule has 0 saturated carbocycles. The molecule has 0 aliphatic rings. The molecule has 1 N–H and O–H groups in total. The monoisotopic (exact) mass is 485 g/mol. The van der Waals surface area contributed by atoms with Crippen molar-refractivity contribution >= 4 is 44.5 Å². The van der Waals surface area contributed by atoms with Gasteiger partial charge in [0.2, 0.25) is 5.88 Å². The van der Waals surface area contributed by atoms with Crippen LogP contribution in [0.2, 0.25) is 0 Å². The second-order valence-corrected chi connectivity index (χ2v) is 9.56. The topological polar surface area (TPSA) is 83.7 Å². The highest BCUT2D eigenvalue weighted by molar-refractivity contribution is 7.15. The van der Waals surface area contributed by atoms with Gasteiger partial charge in [0.1, 0.15) is 11.4 Å². The molecule has 3 aromatic carbocycles. The van der Waals surface area contributed by atoms with Gasteiger partial charge < -0.3 is 10.1 Å². The number of anilines is 2. The summed E-state index contributed by atoms with van der Waals surface area (Å²) in [7, 11) is 0. The van der Waals surface area contributed by atoms with Crippen molar-refractivity contribution in [2.45, 2.75) is 6.92 Å². The van der Waals surface area contributed by atoms with Gasteiger partial charge in [-0.05, 0) is 61.5 Å². The van der Waals surface area contributed by atoms with Gasteiger partial charge in [0, 0.05) is 32.8 Å². The first-order valence-corrected chi connectivity index (χ1v) is 12.2. The Morgan fingerprint density at radius 3 is 2.44 bits per heavy atom. The number of thiophene rings is 1. The number of pyridine rings is 1. The van der Waals surface area contributed by atoms with Crippen LogP contribution in [0, 0.1) is 18.3 Å². The van der Waals surface area contributed by atoms with Crippen LogP contribution < -0.4 is 10.1 Å². The lowest BCUT2D eigenvalue weighted by atomic mass is 10.1. The van der Waals surface area contributed by atoms with E-state index in [-0.39, 0.29) is 0 Å². The Kier molecular flexibility index (Phi) is 5.49. The van der Waals surface area contributed by atoms with E-state index in [2.05, 4.69) is 57.8 Å². The maximum absolute atomic E-state index is 9.14. The average molecular weight is 486 g/mol. The summed E-state index contributed by atoms with van der Waals surface area (Å²) in [6, 6.07) is 31.3. The number of nitrogens with one attached hydrogen (secondary N) is 1. The number of nitriles is 1. The summed E-state index contributed by atoms with van der Waals surface area (Å²) in [4.78, 5) is 6.88. The minimum Gasteiger partial charge on any atom is -0.439 e. The first-order chi connectivity index (χ1) is 17.7. The van der Waals surface area contributed by atoms with Crippen molar-refractivity contribution in [3.63, 3.8) is 0 Å². The van der Waals surface area contributed by atoms with Gasteiger partial charge in [-0.15, -0.1) is 21.5 Å². The minimum atomic E-state index is 0.467. The van der Waals surface area contributed by atoms with E-state index in [1.807, 2.05) is 54.6 Å². The fourth-order valence-corrected chi connectivity index (χ4v) is 4.90. The average Bonchev–Trinajstić information content (AvgIpc) is 3.35. The van der Waals surface area contributed by atoms with Gasteiger partial charge in [-0.3, -0.25) is 0 Å². The van der Waals surface area contributed by atoms with Crippen LogP contribution >= 0.6 is 11.3 Å². The van der Waals surface area contributed by atoms with Crippen molar-refractivity contribution in [2.75, 3.05) is 5.32 Å². The normalized spacial score (nSPS) is 10.9. The van der Waals surface area contributed by atoms with E-state index in [0.717, 1.165) is 37.9 Å². The SMILES string of the molecule is Cc1ccc(-c2nnc(Nc3ccc(Oc4ccc5ccc(C#N)cc5n4)cc3)c3ccccc23)s1. The molecule has 3 aromatic heterocycles. The van der Waals surface area contributed by atoms with Crippen molar-refractivity contribution in [2.24, 2.45) is 0 Å². The Hall–Kier alpha value is -4.80. The summed E-state index contributed by atoms with van der Waals surface area (Å²) in [6.07, 6.45) is 0. The van der Waals surface area contributed by atoms with E-state index < -0.39 is 0 Å². The lowest BCUT2D eigenvalue weighted by Crippen LogP contribution is -1.98. The smallest absolute Gasteiger partial charge is 0.219 e. The number of rotatable bonds is 5. The molecule has 6 aromatic rings. The molecule has 0 aliphatic heterocycles. The molecule has 6 rings (SSSR count). The van der Waals surface area contributed by atoms with Gasteiger partial charge in [-0.2, -0.15) is 5.26 Å². The van der Waals surface area contributed by atoms with E-state index >= 15 is 0 Å². The van der Waals surface area contributed by atoms with Gasteiger partial charge in [-0.1, -0.05) is 30.3 Å². The highest BCUT2D eigenvalue weighted by atomic mass is 32.1. The summed E-state index contributed by atoms with van der Waals surface area (Å²) in [5, 5.41) is 24.6. The molecule has 0 aliphatic carbocycles. The number of aryl methyl sites for hydroxylation is 1. The number of ether oxygens (including phenoxy) is 1. The number of benzene rings is 3. The Bertz CT molecular complexity index is 1770. The van der Waals surface area contributed by atoms with Crippen molar-refractivity contribution in [3.05, 3.63) is 101 Å². The van der Waals surface area contributed by atoms with Gasteiger partial charge in [-0.25, -0.2) is 4.98 Å². The van der Waals surface area contributed by atoms with E-state index in [9.17, 15) is 0 Å². The fourth-order valence-electron chi connectivity index (χ4n) is 4.03. The van der Waals surface area contributed by atoms with Crippen molar-refractivity contribution in [3.8, 4) is 28.3 Å². The maximum atomic E-state index is 9.14. The molecule has 0 amide bonds. The van der Waals surface area contributed by atoms with Gasteiger partial charge in [0.05, 0.1) is 22.0 Å². The van der Waals surface area contributed by atoms with Crippen LogP contribution in [0.15, 0.2) is 91.0 Å². The third-order valence-corrected chi connectivity index (χ3v) is 6.80. The van der Waals surface area contributed by atoms with Crippen LogP contribution in [0.4, 0.5) is 11.5 Å². The molecule has 0 bridgehead atoms. The summed E-state index contributed by atoms with van der Waals surface area (Å²) in [6.45, 7) is 2.09. The molecule has 0 radical (unpaired) electrons. The molecule has 3 heterocycles. The molecule has 0 spiro atoms. The highest BCUT2D eigenvalue weighted by Gasteiger charge is 2.12. The zero-order valence-electron chi connectivity index (χ0n) is 19.3. The van der Waals surface area contributed by atoms with Crippen molar-refractivity contribution < 1.29 is 4.74 Å². The molecule has 0 unspecified atom stereocenters. The lowest BCUT2D eigenvalue weighted by Gasteiger charge is -2.11. The molecule has 172 valence electrons. The predicted octanol–water partition coefficient (Wildman–Crippen LogP) is 7.62. The number of aromatic nitrogens is 3. The second kappa shape index (κ2) is 9.10. The third-order valence-electron chi connectivity index (χ3n) is 5.80. The predicted molar refractivity (Wildman–Crippen MR) is 144 cm³/mol. The van der Waals surface area contributed by atoms with Gasteiger partial charge >= 0.3 is 0 Å². The molecule has 6 nitrogen and oxygen atoms in total. The summed E-state index contributed by atoms with van der Waals surface area (Å²) in [5.74, 6) is 1.82. The Morgan fingerprint density at radius 2 is 1.67 bits per heavy atom. The number of hydrogen-bond acceptors (Lipinski definition) is 7. The van der Waals surface area contributed by atoms with Crippen LogP contribution in [0.1, 0.15) is 10.4 Å². The summed E-state index contributed by atoms with van der Waals surface area (Å²) >= 11 is 1.71. The molecule has 0 saturated heterocycles. The zero-order valence-corrected chi connectivity index (χ0v) is 20.1. The van der Waals surface area contributed by atoms with Crippen molar-refractivity contribution in [1.82, 2.24) is 15.2 Å². The van der Waals surface area contributed by atoms with E-state index in [1.165, 1.54) is 4.88 Å². The van der Waals surface area contributed by atoms with E-state index in [0.29, 0.717) is 23.0 Å². The van der Waals surface area contributed by atoms with Gasteiger partial charge in [0.25, 0.3) is 0 Å². The van der Waals surface area contributed by atoms with Crippen LogP contribution in [0.25, 0.3) is 32.2 Å². The third kappa shape index (κ3) is 4.22. The molecule has 36 heavy (non-hydrogen) atoms. The van der Waals surface area contributed by atoms with Crippen LogP contribution in [-0.4, -0.2) is 15.2 Å². The number of hydrogen-bond donors (Lipinski definition) is 1. The quantitative estimate of drug-likeness (QED) is 0.270. The number of nitrogens with zero attached hydrogens (tertiary/aromatic N) is 4. The van der Waals surface area contributed by atoms with Crippen LogP contribution in [0.3, 0.4) is 0 Å². The Balaban J connectivity index is 1.24. The lowest BCUT2D eigenvalue weighted by molar-refractivity contribution is 0.465. The molecular weight excluding hydrogens is 466 g/mol. The fraction of sp³-hybridized carbons (Fsp3) is 0.0345. The zero-order chi connectivity index (χ0) is 24.5. The van der Waals surface area contributed by atoms with Crippen LogP contribution in [-0.2, 0) is 0 Å². The molecule has 0 fully saturated rings. The van der Waals surface area contributed by atoms with E-state index in [4.69, 9.17) is 10.00 Å². The summed E-state index contributed by atoms with van der Waals surface area (Å²) < 4.78 is 5.95. The first-order valence-electron chi connectivity index (χ1n) is 11.3. The van der Waals surface area contributed by atoms with Gasteiger partial charge in [0.15, 0.2) is 5.82 Å². The largest absolute Gasteiger partial charge is 0.439 e. The second-order valence-electron chi connectivity index (χ2n) is 8.27. The van der Waals surface area contributed by atoms with Crippen LogP contribution in [0.5, 0.6) is 11.6 Å². The standard InChI is InChI=1S/C29H19N5OS/c1-18-6-14-26(36-18)28-23-4-2-3-5-24(23)29(34-33-28)31-21-10-12-22(13-11-21)35-27-15-9-20-8-7-19(17-30)16-25(20)32-27/h2-16H,1H3,(H,31,34). The molecule has 7 heteroatoms. The maximum Gasteiger partial charge on any atom is 0.219 e. The Labute approximate surface area is 211 Å². The molecular formula is C29H19N5OS. The highest BCUT2D eigenvalue weighted by Crippen LogP contribution is 2.34.